The van der Waals surface area contributed by atoms with Crippen LogP contribution in [0.15, 0.2) is 48.6 Å². The summed E-state index contributed by atoms with van der Waals surface area (Å²) in [7, 11) is 0. The number of anilines is 1. The predicted octanol–water partition coefficient (Wildman–Crippen LogP) is 4.61. The van der Waals surface area contributed by atoms with Gasteiger partial charge in [0, 0.05) is 5.56 Å². The van der Waals surface area contributed by atoms with Crippen molar-refractivity contribution in [3.63, 3.8) is 0 Å². The Balaban J connectivity index is 0.00000100. The lowest BCUT2D eigenvalue weighted by molar-refractivity contribution is 1.01. The number of nitrogens with zero attached hydrogens (tertiary/aromatic N) is 3. The van der Waals surface area contributed by atoms with E-state index in [0.717, 1.165) is 27.8 Å². The van der Waals surface area contributed by atoms with Crippen LogP contribution in [0.1, 0.15) is 33.4 Å². The van der Waals surface area contributed by atoms with Crippen molar-refractivity contribution in [2.75, 3.05) is 5.73 Å². The van der Waals surface area contributed by atoms with Gasteiger partial charge in [-0.15, -0.1) is 10.2 Å². The minimum absolute atomic E-state index is 0.501. The highest BCUT2D eigenvalue weighted by Crippen LogP contribution is 2.35. The van der Waals surface area contributed by atoms with Crippen LogP contribution in [0.4, 0.5) is 5.82 Å². The van der Waals surface area contributed by atoms with E-state index < -0.39 is 0 Å². The van der Waals surface area contributed by atoms with Gasteiger partial charge in [0.25, 0.3) is 0 Å². The fourth-order valence-corrected chi connectivity index (χ4v) is 2.51. The number of aromatic amines is 1. The summed E-state index contributed by atoms with van der Waals surface area (Å²) in [5.41, 5.74) is 10.4. The van der Waals surface area contributed by atoms with Crippen LogP contribution < -0.4 is 5.73 Å². The summed E-state index contributed by atoms with van der Waals surface area (Å²) < 4.78 is 0. The molecule has 3 N–H and O–H groups in total. The molecule has 0 aliphatic rings. The molecule has 0 radical (unpaired) electrons. The van der Waals surface area contributed by atoms with Gasteiger partial charge in [0.2, 0.25) is 5.65 Å². The third-order valence-electron chi connectivity index (χ3n) is 3.50. The number of nitrogen functional groups attached to an aromatic ring is 1. The van der Waals surface area contributed by atoms with E-state index in [4.69, 9.17) is 5.73 Å². The van der Waals surface area contributed by atoms with E-state index in [1.807, 2.05) is 76.3 Å². The number of rotatable bonds is 3. The van der Waals surface area contributed by atoms with Crippen LogP contribution in [0.2, 0.25) is 0 Å². The van der Waals surface area contributed by atoms with Gasteiger partial charge in [-0.25, -0.2) is 0 Å². The SMILES string of the molecule is C/C=C\C(=C/C)c1nnc2n[nH]c(N)c2c1-c1ccccc1.CC. The molecule has 124 valence electrons. The lowest BCUT2D eigenvalue weighted by Gasteiger charge is -2.10. The van der Waals surface area contributed by atoms with Crippen LogP contribution >= 0.6 is 0 Å². The fourth-order valence-electron chi connectivity index (χ4n) is 2.51. The zero-order chi connectivity index (χ0) is 17.5. The molecule has 0 bridgehead atoms. The predicted molar refractivity (Wildman–Crippen MR) is 101 cm³/mol. The average Bonchev–Trinajstić information content (AvgIpc) is 3.03. The highest BCUT2D eigenvalue weighted by Gasteiger charge is 2.18. The number of nitrogens with one attached hydrogen (secondary N) is 1. The zero-order valence-corrected chi connectivity index (χ0v) is 14.5. The number of nitrogens with two attached hydrogens (primary N) is 1. The molecule has 2 heterocycles. The lowest BCUT2D eigenvalue weighted by atomic mass is 9.97. The molecule has 0 saturated carbocycles. The molecule has 0 atom stereocenters. The molecule has 0 aliphatic heterocycles. The molecule has 0 amide bonds. The van der Waals surface area contributed by atoms with E-state index in [9.17, 15) is 0 Å². The van der Waals surface area contributed by atoms with E-state index in [1.165, 1.54) is 0 Å². The molecule has 0 spiro atoms. The number of allylic oxidation sites excluding steroid dienone is 4. The Morgan fingerprint density at radius 3 is 2.42 bits per heavy atom. The average molecular weight is 321 g/mol. The zero-order valence-electron chi connectivity index (χ0n) is 14.5. The number of hydrogen-bond donors (Lipinski definition) is 2. The first kappa shape index (κ1) is 17.4. The van der Waals surface area contributed by atoms with Gasteiger partial charge >= 0.3 is 0 Å². The van der Waals surface area contributed by atoms with Gasteiger partial charge < -0.3 is 5.73 Å². The molecule has 1 aromatic carbocycles. The number of H-pyrrole nitrogens is 1. The van der Waals surface area contributed by atoms with Gasteiger partial charge in [-0.1, -0.05) is 62.4 Å². The van der Waals surface area contributed by atoms with Gasteiger partial charge in [0.15, 0.2) is 0 Å². The Kier molecular flexibility index (Phi) is 5.84. The Hall–Kier alpha value is -2.95. The normalized spacial score (nSPS) is 11.6. The van der Waals surface area contributed by atoms with E-state index in [-0.39, 0.29) is 0 Å². The van der Waals surface area contributed by atoms with Gasteiger partial charge in [-0.3, -0.25) is 5.10 Å². The molecule has 0 saturated heterocycles. The maximum atomic E-state index is 6.08. The van der Waals surface area contributed by atoms with Gasteiger partial charge in [-0.05, 0) is 25.0 Å². The van der Waals surface area contributed by atoms with Crippen LogP contribution in [-0.2, 0) is 0 Å². The standard InChI is InChI=1S/C17H17N5.C2H6/c1-3-8-11(4-2)15-13(12-9-6-5-7-10-12)14-16(18)20-22-17(14)21-19-15;1-2/h3-10H,1-2H3,(H3,18,20,21,22);1-2H3/b8-3-,11-4+;. The largest absolute Gasteiger partial charge is 0.383 e. The molecule has 5 nitrogen and oxygen atoms in total. The van der Waals surface area contributed by atoms with Crippen molar-refractivity contribution in [3.8, 4) is 11.1 Å². The molecule has 3 aromatic rings. The Morgan fingerprint density at radius 1 is 1.08 bits per heavy atom. The minimum atomic E-state index is 0.501. The molecular weight excluding hydrogens is 298 g/mol. The maximum absolute atomic E-state index is 6.08. The van der Waals surface area contributed by atoms with Crippen LogP contribution in [0.25, 0.3) is 27.7 Å². The first-order valence-electron chi connectivity index (χ1n) is 8.11. The van der Waals surface area contributed by atoms with Crippen LogP contribution in [0.3, 0.4) is 0 Å². The van der Waals surface area contributed by atoms with Crippen molar-refractivity contribution in [1.29, 1.82) is 0 Å². The number of fused-ring (bicyclic) bond motifs is 1. The summed E-state index contributed by atoms with van der Waals surface area (Å²) in [5, 5.41) is 16.3. The smallest absolute Gasteiger partial charge is 0.205 e. The second-order valence-corrected chi connectivity index (χ2v) is 4.87. The second kappa shape index (κ2) is 8.06. The Morgan fingerprint density at radius 2 is 1.79 bits per heavy atom. The first-order valence-corrected chi connectivity index (χ1v) is 8.11. The highest BCUT2D eigenvalue weighted by atomic mass is 15.2. The second-order valence-electron chi connectivity index (χ2n) is 4.87. The van der Waals surface area contributed by atoms with Crippen molar-refractivity contribution in [3.05, 3.63) is 54.3 Å². The maximum Gasteiger partial charge on any atom is 0.205 e. The summed E-state index contributed by atoms with van der Waals surface area (Å²) in [6.45, 7) is 7.96. The molecule has 2 aromatic heterocycles. The van der Waals surface area contributed by atoms with Gasteiger partial charge in [0.1, 0.15) is 11.5 Å². The summed E-state index contributed by atoms with van der Waals surface area (Å²) in [6.07, 6.45) is 6.01. The summed E-state index contributed by atoms with van der Waals surface area (Å²) >= 11 is 0. The van der Waals surface area contributed by atoms with Crippen LogP contribution in [0.5, 0.6) is 0 Å². The van der Waals surface area contributed by atoms with E-state index in [0.29, 0.717) is 11.5 Å². The van der Waals surface area contributed by atoms with Gasteiger partial charge in [0.05, 0.1) is 5.39 Å². The number of aromatic nitrogens is 4. The molecule has 0 aliphatic carbocycles. The number of benzene rings is 1. The Bertz CT molecular complexity index is 860. The van der Waals surface area contributed by atoms with Crippen molar-refractivity contribution >= 4 is 22.4 Å². The molecule has 0 fully saturated rings. The fraction of sp³-hybridized carbons (Fsp3) is 0.211. The van der Waals surface area contributed by atoms with Crippen LogP contribution in [0, 0.1) is 0 Å². The number of hydrogen-bond acceptors (Lipinski definition) is 4. The molecule has 0 unspecified atom stereocenters. The van der Waals surface area contributed by atoms with Crippen molar-refractivity contribution in [2.45, 2.75) is 27.7 Å². The quantitative estimate of drug-likeness (QED) is 0.690. The van der Waals surface area contributed by atoms with E-state index >= 15 is 0 Å². The van der Waals surface area contributed by atoms with E-state index in [2.05, 4.69) is 20.4 Å². The van der Waals surface area contributed by atoms with Crippen molar-refractivity contribution in [2.24, 2.45) is 0 Å². The topological polar surface area (TPSA) is 80.5 Å². The van der Waals surface area contributed by atoms with Crippen LogP contribution in [-0.4, -0.2) is 20.4 Å². The highest BCUT2D eigenvalue weighted by molar-refractivity contribution is 6.03. The van der Waals surface area contributed by atoms with Gasteiger partial charge in [-0.2, -0.15) is 5.10 Å². The minimum Gasteiger partial charge on any atom is -0.383 e. The third kappa shape index (κ3) is 3.20. The van der Waals surface area contributed by atoms with Crippen molar-refractivity contribution in [1.82, 2.24) is 20.4 Å². The first-order chi connectivity index (χ1) is 11.8. The molecule has 24 heavy (non-hydrogen) atoms. The summed E-state index contributed by atoms with van der Waals surface area (Å²) in [4.78, 5) is 0. The Labute approximate surface area is 142 Å². The molecular formula is C19H23N5. The molecule has 5 heteroatoms. The molecule has 3 rings (SSSR count). The third-order valence-corrected chi connectivity index (χ3v) is 3.50. The summed E-state index contributed by atoms with van der Waals surface area (Å²) in [6, 6.07) is 10.0. The lowest BCUT2D eigenvalue weighted by Crippen LogP contribution is -1.98. The van der Waals surface area contributed by atoms with Crippen molar-refractivity contribution < 1.29 is 0 Å². The monoisotopic (exact) mass is 321 g/mol. The summed E-state index contributed by atoms with van der Waals surface area (Å²) in [5.74, 6) is 0.501. The van der Waals surface area contributed by atoms with E-state index in [1.54, 1.807) is 0 Å².